The summed E-state index contributed by atoms with van der Waals surface area (Å²) in [6.45, 7) is 3.06. The monoisotopic (exact) mass is 574 g/mol. The van der Waals surface area contributed by atoms with Gasteiger partial charge in [-0.15, -0.1) is 0 Å². The fraction of sp³-hybridized carbons (Fsp3) is 0.400. The van der Waals surface area contributed by atoms with Crippen LogP contribution >= 0.6 is 11.6 Å². The van der Waals surface area contributed by atoms with E-state index in [2.05, 4.69) is 45.7 Å². The zero-order valence-corrected chi connectivity index (χ0v) is 23.6. The SMILES string of the molecule is C[C@H]1CC[C@H](Cn2c(C3(c4ccccc4)CCC3)nc3nc(C(=N)OC(N)=O)nc(-c4cc(Cl)c[n+](O)c4)c32)CC1. The number of imidazole rings is 1. The molecule has 0 bridgehead atoms. The van der Waals surface area contributed by atoms with Crippen molar-refractivity contribution in [3.63, 3.8) is 0 Å². The largest absolute Gasteiger partial charge is 0.411 e. The molecule has 11 heteroatoms. The molecule has 212 valence electrons. The van der Waals surface area contributed by atoms with Crippen molar-refractivity contribution in [2.24, 2.45) is 17.6 Å². The van der Waals surface area contributed by atoms with Gasteiger partial charge in [0.05, 0.1) is 11.0 Å². The molecule has 1 aromatic carbocycles. The van der Waals surface area contributed by atoms with Crippen LogP contribution in [0.3, 0.4) is 0 Å². The summed E-state index contributed by atoms with van der Waals surface area (Å²) in [5.74, 6) is 1.37. The van der Waals surface area contributed by atoms with E-state index in [1.165, 1.54) is 30.8 Å². The maximum atomic E-state index is 11.5. The number of rotatable bonds is 6. The fourth-order valence-corrected chi connectivity index (χ4v) is 6.60. The Morgan fingerprint density at radius 3 is 2.54 bits per heavy atom. The first kappa shape index (κ1) is 27.1. The number of aromatic nitrogens is 5. The Bertz CT molecular complexity index is 1610. The van der Waals surface area contributed by atoms with Crippen LogP contribution in [-0.2, 0) is 16.7 Å². The third-order valence-corrected chi connectivity index (χ3v) is 8.85. The van der Waals surface area contributed by atoms with Crippen LogP contribution in [0.4, 0.5) is 4.79 Å². The van der Waals surface area contributed by atoms with E-state index in [0.717, 1.165) is 55.1 Å². The fourth-order valence-electron chi connectivity index (χ4n) is 6.39. The molecule has 3 heterocycles. The highest BCUT2D eigenvalue weighted by atomic mass is 35.5. The van der Waals surface area contributed by atoms with Gasteiger partial charge in [-0.05, 0) is 49.1 Å². The first-order chi connectivity index (χ1) is 19.7. The van der Waals surface area contributed by atoms with E-state index < -0.39 is 12.0 Å². The number of pyridine rings is 1. The zero-order chi connectivity index (χ0) is 28.7. The molecule has 0 saturated heterocycles. The number of amides is 1. The van der Waals surface area contributed by atoms with Gasteiger partial charge in [0.1, 0.15) is 22.1 Å². The Balaban J connectivity index is 1.62. The van der Waals surface area contributed by atoms with Crippen molar-refractivity contribution >= 4 is 34.8 Å². The highest BCUT2D eigenvalue weighted by Gasteiger charge is 2.45. The second kappa shape index (κ2) is 10.7. The molecule has 10 nitrogen and oxygen atoms in total. The van der Waals surface area contributed by atoms with Crippen molar-refractivity contribution in [1.29, 1.82) is 5.41 Å². The molecule has 2 saturated carbocycles. The maximum Gasteiger partial charge on any atom is 0.411 e. The lowest BCUT2D eigenvalue weighted by Gasteiger charge is -2.42. The average Bonchev–Trinajstić information content (AvgIpc) is 3.26. The van der Waals surface area contributed by atoms with Crippen LogP contribution in [0.25, 0.3) is 22.4 Å². The molecular weight excluding hydrogens is 542 g/mol. The topological polar surface area (TPSA) is 144 Å². The van der Waals surface area contributed by atoms with Crippen LogP contribution in [-0.4, -0.2) is 36.7 Å². The molecule has 0 atom stereocenters. The number of hydrogen-bond donors (Lipinski definition) is 3. The summed E-state index contributed by atoms with van der Waals surface area (Å²) < 4.78 is 7.98. The highest BCUT2D eigenvalue weighted by molar-refractivity contribution is 6.30. The lowest BCUT2D eigenvalue weighted by atomic mass is 9.63. The number of carbonyl (C=O) groups excluding carboxylic acids is 1. The molecule has 0 unspecified atom stereocenters. The molecule has 4 aromatic rings. The van der Waals surface area contributed by atoms with Crippen LogP contribution < -0.4 is 10.5 Å². The second-order valence-corrected chi connectivity index (χ2v) is 11.9. The van der Waals surface area contributed by atoms with Crippen LogP contribution in [0.2, 0.25) is 5.02 Å². The Morgan fingerprint density at radius 1 is 1.17 bits per heavy atom. The minimum atomic E-state index is -1.13. The summed E-state index contributed by atoms with van der Waals surface area (Å²) in [5, 5.41) is 19.0. The molecule has 0 aliphatic heterocycles. The van der Waals surface area contributed by atoms with Gasteiger partial charge in [0.25, 0.3) is 5.90 Å². The molecule has 1 amide bonds. The second-order valence-electron chi connectivity index (χ2n) is 11.4. The van der Waals surface area contributed by atoms with E-state index in [1.807, 2.05) is 6.07 Å². The normalized spacial score (nSPS) is 20.0. The number of nitrogens with two attached hydrogens (primary N) is 1. The number of hydrogen-bond acceptors (Lipinski definition) is 7. The van der Waals surface area contributed by atoms with Gasteiger partial charge in [0.2, 0.25) is 18.2 Å². The summed E-state index contributed by atoms with van der Waals surface area (Å²) in [5.41, 5.74) is 8.12. The number of nitrogens with zero attached hydrogens (tertiary/aromatic N) is 5. The number of carbonyl (C=O) groups is 1. The maximum absolute atomic E-state index is 11.5. The van der Waals surface area contributed by atoms with E-state index in [9.17, 15) is 10.0 Å². The Kier molecular flexibility index (Phi) is 7.11. The molecule has 2 aliphatic carbocycles. The predicted octanol–water partition coefficient (Wildman–Crippen LogP) is 5.39. The molecule has 41 heavy (non-hydrogen) atoms. The van der Waals surface area contributed by atoms with E-state index in [1.54, 1.807) is 6.07 Å². The van der Waals surface area contributed by atoms with Crippen molar-refractivity contribution < 1.29 is 19.5 Å². The molecule has 2 aliphatic rings. The molecule has 0 radical (unpaired) electrons. The molecule has 6 rings (SSSR count). The van der Waals surface area contributed by atoms with Crippen LogP contribution in [0.1, 0.15) is 69.1 Å². The molecule has 4 N–H and O–H groups in total. The first-order valence-corrected chi connectivity index (χ1v) is 14.4. The van der Waals surface area contributed by atoms with E-state index in [0.29, 0.717) is 33.4 Å². The van der Waals surface area contributed by atoms with Gasteiger partial charge < -0.3 is 15.0 Å². The smallest absolute Gasteiger partial charge is 0.388 e. The van der Waals surface area contributed by atoms with E-state index in [4.69, 9.17) is 32.5 Å². The number of primary amides is 1. The first-order valence-electron chi connectivity index (χ1n) is 14.1. The van der Waals surface area contributed by atoms with Crippen LogP contribution in [0.15, 0.2) is 48.8 Å². The van der Waals surface area contributed by atoms with Gasteiger partial charge >= 0.3 is 6.09 Å². The number of halogens is 1. The summed E-state index contributed by atoms with van der Waals surface area (Å²) in [4.78, 5) is 25.9. The predicted molar refractivity (Wildman–Crippen MR) is 153 cm³/mol. The van der Waals surface area contributed by atoms with Crippen LogP contribution in [0.5, 0.6) is 0 Å². The molecule has 0 spiro atoms. The lowest BCUT2D eigenvalue weighted by molar-refractivity contribution is -0.904. The Hall–Kier alpha value is -4.05. The van der Waals surface area contributed by atoms with Crippen molar-refractivity contribution in [2.45, 2.75) is 63.8 Å². The molecule has 3 aromatic heterocycles. The Morgan fingerprint density at radius 2 is 1.90 bits per heavy atom. The van der Waals surface area contributed by atoms with E-state index >= 15 is 0 Å². The van der Waals surface area contributed by atoms with Crippen molar-refractivity contribution in [1.82, 2.24) is 19.5 Å². The summed E-state index contributed by atoms with van der Waals surface area (Å²) in [7, 11) is 0. The van der Waals surface area contributed by atoms with Crippen molar-refractivity contribution in [2.75, 3.05) is 0 Å². The van der Waals surface area contributed by atoms with Crippen molar-refractivity contribution in [3.05, 3.63) is 71.0 Å². The van der Waals surface area contributed by atoms with Crippen molar-refractivity contribution in [3.8, 4) is 11.3 Å². The zero-order valence-electron chi connectivity index (χ0n) is 22.9. The minimum absolute atomic E-state index is 0.138. The van der Waals surface area contributed by atoms with Gasteiger partial charge in [-0.25, -0.2) is 19.7 Å². The van der Waals surface area contributed by atoms with Gasteiger partial charge in [-0.1, -0.05) is 68.1 Å². The number of fused-ring (bicyclic) bond motifs is 1. The summed E-state index contributed by atoms with van der Waals surface area (Å²) in [6.07, 6.45) is 9.33. The van der Waals surface area contributed by atoms with Gasteiger partial charge in [0.15, 0.2) is 5.65 Å². The number of benzene rings is 1. The van der Waals surface area contributed by atoms with E-state index in [-0.39, 0.29) is 11.2 Å². The van der Waals surface area contributed by atoms with Gasteiger partial charge in [-0.3, -0.25) is 10.6 Å². The third kappa shape index (κ3) is 5.12. The quantitative estimate of drug-likeness (QED) is 0.122. The minimum Gasteiger partial charge on any atom is -0.388 e. The van der Waals surface area contributed by atoms with Gasteiger partial charge in [0, 0.05) is 11.3 Å². The Labute approximate surface area is 242 Å². The highest BCUT2D eigenvalue weighted by Crippen LogP contribution is 2.50. The average molecular weight is 575 g/mol. The molecule has 2 fully saturated rings. The summed E-state index contributed by atoms with van der Waals surface area (Å²) in [6, 6.07) is 12.1. The lowest BCUT2D eigenvalue weighted by Crippen LogP contribution is -2.39. The number of ether oxygens (including phenoxy) is 1. The third-order valence-electron chi connectivity index (χ3n) is 8.64. The van der Waals surface area contributed by atoms with Crippen LogP contribution in [0, 0.1) is 17.2 Å². The van der Waals surface area contributed by atoms with Gasteiger partial charge in [-0.2, -0.15) is 0 Å². The molecular formula is C30H33ClN7O3+. The summed E-state index contributed by atoms with van der Waals surface area (Å²) >= 11 is 6.35. The standard InChI is InChI=1S/C30H32ClN7O3/c1-18-8-10-19(11-9-18)15-38-24-23(20-14-22(31)17-37(40)16-20)34-27(25(32)41-29(33)39)35-26(24)36-28(38)30(12-5-13-30)21-6-3-2-4-7-21/h2-4,6-7,14,16-19,32H,5,8-13,15H2,1H3,(H2-,33,39,40)/p+1/t18-,19-. The number of nitrogens with one attached hydrogen (secondary N) is 1.